The summed E-state index contributed by atoms with van der Waals surface area (Å²) in [7, 11) is 1.55. The zero-order valence-corrected chi connectivity index (χ0v) is 14.8. The Morgan fingerprint density at radius 3 is 2.08 bits per heavy atom. The number of likely N-dealkylation sites (N-methyl/N-ethyl adjacent to an activating group) is 1. The molecule has 0 saturated carbocycles. The smallest absolute Gasteiger partial charge is 0.336 e. The van der Waals surface area contributed by atoms with Crippen molar-refractivity contribution in [1.29, 1.82) is 0 Å². The van der Waals surface area contributed by atoms with Crippen LogP contribution in [0, 0.1) is 0 Å². The number of ketones is 1. The maximum Gasteiger partial charge on any atom is 0.336 e. The molecule has 1 rings (SSSR count). The molecule has 0 aromatic carbocycles. The summed E-state index contributed by atoms with van der Waals surface area (Å²) >= 11 is 0. The van der Waals surface area contributed by atoms with Gasteiger partial charge in [0.2, 0.25) is 0 Å². The summed E-state index contributed by atoms with van der Waals surface area (Å²) in [5.41, 5.74) is -1.83. The van der Waals surface area contributed by atoms with Gasteiger partial charge in [0.05, 0.1) is 12.8 Å². The Morgan fingerprint density at radius 1 is 1.15 bits per heavy atom. The zero-order valence-electron chi connectivity index (χ0n) is 14.8. The predicted molar refractivity (Wildman–Crippen MR) is 88.8 cm³/mol. The lowest BCUT2D eigenvalue weighted by molar-refractivity contribution is -0.170. The first-order chi connectivity index (χ1) is 12.1. The second-order valence-electron chi connectivity index (χ2n) is 5.72. The van der Waals surface area contributed by atoms with Crippen molar-refractivity contribution in [2.75, 3.05) is 33.4 Å². The standard InChI is InChI=1S/C10H17NO2.C6H8O7/c1-3-11-6-4-5-9(7-11)10(12)8-13-2;7-3(8)1-6(13,5(11)12)2-4(9)10/h5H,3-4,6-8H2,1-2H3;13H,1-2H2,(H,7,8)(H,9,10)(H,11,12). The third kappa shape index (κ3) is 8.70. The summed E-state index contributed by atoms with van der Waals surface area (Å²) in [5.74, 6) is -4.89. The number of methoxy groups -OCH3 is 1. The maximum absolute atomic E-state index is 11.4. The first-order valence-electron chi connectivity index (χ1n) is 7.88. The van der Waals surface area contributed by atoms with Crippen molar-refractivity contribution in [2.24, 2.45) is 0 Å². The third-order valence-electron chi connectivity index (χ3n) is 3.60. The van der Waals surface area contributed by atoms with Gasteiger partial charge in [-0.05, 0) is 13.0 Å². The van der Waals surface area contributed by atoms with Gasteiger partial charge in [-0.25, -0.2) is 4.79 Å². The number of aliphatic carboxylic acids is 3. The van der Waals surface area contributed by atoms with Crippen molar-refractivity contribution in [2.45, 2.75) is 31.8 Å². The molecular formula is C16H25NO9. The molecule has 1 aliphatic rings. The van der Waals surface area contributed by atoms with E-state index in [1.807, 2.05) is 6.08 Å². The van der Waals surface area contributed by atoms with E-state index in [4.69, 9.17) is 25.2 Å². The van der Waals surface area contributed by atoms with Gasteiger partial charge in [-0.15, -0.1) is 0 Å². The summed E-state index contributed by atoms with van der Waals surface area (Å²) in [6.45, 7) is 5.20. The predicted octanol–water partition coefficient (Wildman–Crippen LogP) is -0.395. The van der Waals surface area contributed by atoms with E-state index in [0.717, 1.165) is 31.6 Å². The average molecular weight is 375 g/mol. The van der Waals surface area contributed by atoms with E-state index >= 15 is 0 Å². The molecule has 0 radical (unpaired) electrons. The Kier molecular flexibility index (Phi) is 10.3. The van der Waals surface area contributed by atoms with Crippen LogP contribution >= 0.6 is 0 Å². The average Bonchev–Trinajstić information content (AvgIpc) is 2.54. The normalized spacial score (nSPS) is 14.7. The van der Waals surface area contributed by atoms with Crippen molar-refractivity contribution >= 4 is 23.7 Å². The number of carboxylic acid groups (broad SMARTS) is 3. The number of carboxylic acids is 3. The van der Waals surface area contributed by atoms with E-state index in [1.165, 1.54) is 0 Å². The fourth-order valence-electron chi connectivity index (χ4n) is 2.22. The summed E-state index contributed by atoms with van der Waals surface area (Å²) in [5, 5.41) is 33.8. The van der Waals surface area contributed by atoms with Crippen molar-refractivity contribution in [1.82, 2.24) is 4.90 Å². The molecule has 0 fully saturated rings. The molecule has 10 nitrogen and oxygen atoms in total. The number of ether oxygens (including phenoxy) is 1. The summed E-state index contributed by atoms with van der Waals surface area (Å²) in [4.78, 5) is 44.2. The second kappa shape index (κ2) is 11.3. The Hall–Kier alpha value is -2.30. The molecule has 0 spiro atoms. The van der Waals surface area contributed by atoms with Crippen LogP contribution in [0.2, 0.25) is 0 Å². The number of nitrogens with zero attached hydrogens (tertiary/aromatic N) is 1. The van der Waals surface area contributed by atoms with E-state index in [2.05, 4.69) is 11.8 Å². The van der Waals surface area contributed by atoms with Gasteiger partial charge in [-0.3, -0.25) is 19.3 Å². The van der Waals surface area contributed by atoms with Crippen LogP contribution in [0.3, 0.4) is 0 Å². The Morgan fingerprint density at radius 2 is 1.69 bits per heavy atom. The van der Waals surface area contributed by atoms with Gasteiger partial charge in [0.15, 0.2) is 11.4 Å². The van der Waals surface area contributed by atoms with Crippen LogP contribution in [-0.2, 0) is 23.9 Å². The highest BCUT2D eigenvalue weighted by Gasteiger charge is 2.40. The minimum absolute atomic E-state index is 0.126. The molecule has 0 amide bonds. The van der Waals surface area contributed by atoms with Crippen LogP contribution in [0.4, 0.5) is 0 Å². The Bertz CT molecular complexity index is 540. The minimum Gasteiger partial charge on any atom is -0.481 e. The number of carbonyl (C=O) groups is 4. The largest absolute Gasteiger partial charge is 0.481 e. The molecule has 10 heteroatoms. The molecule has 0 aliphatic carbocycles. The quantitative estimate of drug-likeness (QED) is 0.417. The van der Waals surface area contributed by atoms with Gasteiger partial charge >= 0.3 is 17.9 Å². The summed E-state index contributed by atoms with van der Waals surface area (Å²) in [6.07, 6.45) is 0.732. The van der Waals surface area contributed by atoms with E-state index in [0.29, 0.717) is 0 Å². The molecule has 1 heterocycles. The van der Waals surface area contributed by atoms with Gasteiger partial charge in [0.25, 0.3) is 0 Å². The van der Waals surface area contributed by atoms with Gasteiger partial charge < -0.3 is 25.2 Å². The molecule has 148 valence electrons. The number of carbonyl (C=O) groups excluding carboxylic acids is 1. The highest BCUT2D eigenvalue weighted by molar-refractivity contribution is 5.96. The highest BCUT2D eigenvalue weighted by atomic mass is 16.5. The lowest BCUT2D eigenvalue weighted by atomic mass is 9.96. The molecule has 0 atom stereocenters. The molecule has 0 bridgehead atoms. The van der Waals surface area contributed by atoms with Crippen molar-refractivity contribution in [3.63, 3.8) is 0 Å². The summed E-state index contributed by atoms with van der Waals surface area (Å²) in [6, 6.07) is 0. The fraction of sp³-hybridized carbons (Fsp3) is 0.625. The number of rotatable bonds is 9. The van der Waals surface area contributed by atoms with Gasteiger partial charge in [0, 0.05) is 25.8 Å². The molecule has 0 aromatic heterocycles. The van der Waals surface area contributed by atoms with Gasteiger partial charge in [-0.2, -0.15) is 0 Å². The molecule has 0 aromatic rings. The Balaban J connectivity index is 0.000000481. The molecule has 0 saturated heterocycles. The summed E-state index contributed by atoms with van der Waals surface area (Å²) < 4.78 is 4.82. The Labute approximate surface area is 150 Å². The lowest BCUT2D eigenvalue weighted by Crippen LogP contribution is -2.42. The monoisotopic (exact) mass is 375 g/mol. The lowest BCUT2D eigenvalue weighted by Gasteiger charge is -2.24. The number of Topliss-reactive ketones (excluding diaryl/α,β-unsaturated/α-hetero) is 1. The molecule has 0 unspecified atom stereocenters. The van der Waals surface area contributed by atoms with Crippen LogP contribution in [0.5, 0.6) is 0 Å². The molecule has 1 aliphatic heterocycles. The number of hydrogen-bond donors (Lipinski definition) is 4. The van der Waals surface area contributed by atoms with E-state index in [1.54, 1.807) is 7.11 Å². The SMILES string of the molecule is CCN1CCC=C(C(=O)COC)C1.O=C(O)CC(O)(CC(=O)O)C(=O)O. The minimum atomic E-state index is -2.74. The van der Waals surface area contributed by atoms with E-state index in [9.17, 15) is 19.2 Å². The molecule has 4 N–H and O–H groups in total. The van der Waals surface area contributed by atoms with Crippen molar-refractivity contribution < 1.29 is 44.3 Å². The van der Waals surface area contributed by atoms with Crippen LogP contribution in [0.1, 0.15) is 26.2 Å². The number of hydrogen-bond acceptors (Lipinski definition) is 7. The topological polar surface area (TPSA) is 162 Å². The maximum atomic E-state index is 11.4. The van der Waals surface area contributed by atoms with Gasteiger partial charge in [0.1, 0.15) is 6.61 Å². The van der Waals surface area contributed by atoms with E-state index in [-0.39, 0.29) is 12.4 Å². The molecular weight excluding hydrogens is 350 g/mol. The fourth-order valence-corrected chi connectivity index (χ4v) is 2.22. The second-order valence-corrected chi connectivity index (χ2v) is 5.72. The molecule has 26 heavy (non-hydrogen) atoms. The van der Waals surface area contributed by atoms with Crippen LogP contribution in [0.25, 0.3) is 0 Å². The van der Waals surface area contributed by atoms with Crippen LogP contribution in [0.15, 0.2) is 11.6 Å². The first-order valence-corrected chi connectivity index (χ1v) is 7.88. The third-order valence-corrected chi connectivity index (χ3v) is 3.60. The van der Waals surface area contributed by atoms with Crippen LogP contribution < -0.4 is 0 Å². The van der Waals surface area contributed by atoms with Crippen LogP contribution in [-0.4, -0.2) is 88.0 Å². The van der Waals surface area contributed by atoms with Gasteiger partial charge in [-0.1, -0.05) is 13.0 Å². The van der Waals surface area contributed by atoms with E-state index < -0.39 is 36.4 Å². The first kappa shape index (κ1) is 23.7. The van der Waals surface area contributed by atoms with Crippen molar-refractivity contribution in [3.8, 4) is 0 Å². The van der Waals surface area contributed by atoms with Crippen molar-refractivity contribution in [3.05, 3.63) is 11.6 Å². The zero-order chi connectivity index (χ0) is 20.3. The number of aliphatic hydroxyl groups is 1. The highest BCUT2D eigenvalue weighted by Crippen LogP contribution is 2.15.